The van der Waals surface area contributed by atoms with E-state index in [1.165, 1.54) is 6.42 Å². The Morgan fingerprint density at radius 1 is 1.00 bits per heavy atom. The molecule has 1 N–H and O–H groups in total. The first-order valence-electron chi connectivity index (χ1n) is 9.19. The van der Waals surface area contributed by atoms with E-state index in [9.17, 15) is 9.59 Å². The van der Waals surface area contributed by atoms with Crippen molar-refractivity contribution in [2.75, 3.05) is 23.3 Å². The molecule has 1 fully saturated rings. The summed E-state index contributed by atoms with van der Waals surface area (Å²) in [6.07, 6.45) is 3.56. The molecule has 2 heterocycles. The van der Waals surface area contributed by atoms with Gasteiger partial charge in [0.15, 0.2) is 0 Å². The van der Waals surface area contributed by atoms with E-state index in [4.69, 9.17) is 0 Å². The van der Waals surface area contributed by atoms with Crippen LogP contribution in [-0.2, 0) is 11.3 Å². The predicted octanol–water partition coefficient (Wildman–Crippen LogP) is 2.42. The van der Waals surface area contributed by atoms with Gasteiger partial charge in [0.05, 0.1) is 16.8 Å². The normalized spacial score (nSPS) is 14.3. The van der Waals surface area contributed by atoms with Crippen molar-refractivity contribution in [2.24, 2.45) is 0 Å². The average molecular weight is 363 g/mol. The number of carbonyl (C=O) groups is 1. The fourth-order valence-electron chi connectivity index (χ4n) is 3.44. The van der Waals surface area contributed by atoms with Crippen molar-refractivity contribution in [2.45, 2.75) is 25.8 Å². The highest BCUT2D eigenvalue weighted by Gasteiger charge is 2.16. The van der Waals surface area contributed by atoms with E-state index in [1.807, 2.05) is 24.3 Å². The zero-order valence-electron chi connectivity index (χ0n) is 15.0. The number of benzene rings is 2. The zero-order chi connectivity index (χ0) is 18.6. The number of amides is 1. The smallest absolute Gasteiger partial charge is 0.278 e. The van der Waals surface area contributed by atoms with Gasteiger partial charge in [-0.25, -0.2) is 4.68 Å². The van der Waals surface area contributed by atoms with Crippen LogP contribution in [0.4, 0.5) is 11.4 Å². The summed E-state index contributed by atoms with van der Waals surface area (Å²) in [5, 5.41) is 11.3. The summed E-state index contributed by atoms with van der Waals surface area (Å²) in [6, 6.07) is 14.7. The minimum atomic E-state index is -0.319. The Morgan fingerprint density at radius 3 is 2.59 bits per heavy atom. The van der Waals surface area contributed by atoms with Crippen LogP contribution in [0.15, 0.2) is 53.3 Å². The van der Waals surface area contributed by atoms with Crippen molar-refractivity contribution >= 4 is 28.2 Å². The number of aromatic nitrogens is 3. The molecule has 138 valence electrons. The molecular formula is C20H21N5O2. The van der Waals surface area contributed by atoms with E-state index in [-0.39, 0.29) is 18.0 Å². The zero-order valence-corrected chi connectivity index (χ0v) is 15.0. The van der Waals surface area contributed by atoms with Gasteiger partial charge in [0.2, 0.25) is 5.91 Å². The highest BCUT2D eigenvalue weighted by atomic mass is 16.2. The van der Waals surface area contributed by atoms with Crippen LogP contribution in [0.1, 0.15) is 19.3 Å². The van der Waals surface area contributed by atoms with E-state index < -0.39 is 0 Å². The SMILES string of the molecule is O=C(Cn1nnc2ccccc2c1=O)Nc1ccccc1N1CCCCC1. The third kappa shape index (κ3) is 3.67. The van der Waals surface area contributed by atoms with Gasteiger partial charge in [-0.3, -0.25) is 9.59 Å². The summed E-state index contributed by atoms with van der Waals surface area (Å²) in [7, 11) is 0. The second-order valence-corrected chi connectivity index (χ2v) is 6.68. The summed E-state index contributed by atoms with van der Waals surface area (Å²) >= 11 is 0. The fourth-order valence-corrected chi connectivity index (χ4v) is 3.44. The second-order valence-electron chi connectivity index (χ2n) is 6.68. The Labute approximate surface area is 156 Å². The number of piperidine rings is 1. The van der Waals surface area contributed by atoms with Gasteiger partial charge >= 0.3 is 0 Å². The molecule has 27 heavy (non-hydrogen) atoms. The highest BCUT2D eigenvalue weighted by molar-refractivity contribution is 5.94. The molecule has 3 aromatic rings. The lowest BCUT2D eigenvalue weighted by molar-refractivity contribution is -0.117. The number of hydrogen-bond acceptors (Lipinski definition) is 5. The summed E-state index contributed by atoms with van der Waals surface area (Å²) in [6.45, 7) is 1.80. The third-order valence-corrected chi connectivity index (χ3v) is 4.80. The standard InChI is InChI=1S/C20H21N5O2/c26-19(14-25-20(27)15-8-2-3-9-16(15)22-23-25)21-17-10-4-5-11-18(17)24-12-6-1-7-13-24/h2-5,8-11H,1,6-7,12-14H2,(H,21,26). The van der Waals surface area contributed by atoms with Gasteiger partial charge in [0, 0.05) is 13.1 Å². The molecule has 0 radical (unpaired) electrons. The summed E-state index contributed by atoms with van der Waals surface area (Å²) < 4.78 is 1.10. The molecule has 0 saturated carbocycles. The first-order valence-corrected chi connectivity index (χ1v) is 9.19. The largest absolute Gasteiger partial charge is 0.370 e. The van der Waals surface area contributed by atoms with Crippen LogP contribution < -0.4 is 15.8 Å². The Hall–Kier alpha value is -3.22. The van der Waals surface area contributed by atoms with Gasteiger partial charge in [-0.05, 0) is 43.5 Å². The molecule has 0 bridgehead atoms. The Kier molecular flexibility index (Phi) is 4.82. The predicted molar refractivity (Wildman–Crippen MR) is 105 cm³/mol. The summed E-state index contributed by atoms with van der Waals surface area (Å²) in [5.74, 6) is -0.300. The fraction of sp³-hybridized carbons (Fsp3) is 0.300. The molecule has 2 aromatic carbocycles. The first kappa shape index (κ1) is 17.2. The van der Waals surface area contributed by atoms with Crippen molar-refractivity contribution in [1.82, 2.24) is 15.0 Å². The molecular weight excluding hydrogens is 342 g/mol. The second kappa shape index (κ2) is 7.57. The maximum absolute atomic E-state index is 12.5. The first-order chi connectivity index (χ1) is 13.2. The molecule has 0 atom stereocenters. The van der Waals surface area contributed by atoms with Crippen molar-refractivity contribution in [1.29, 1.82) is 0 Å². The summed E-state index contributed by atoms with van der Waals surface area (Å²) in [4.78, 5) is 27.3. The van der Waals surface area contributed by atoms with Gasteiger partial charge in [-0.2, -0.15) is 0 Å². The number of para-hydroxylation sites is 2. The van der Waals surface area contributed by atoms with Crippen LogP contribution in [0, 0.1) is 0 Å². The van der Waals surface area contributed by atoms with Crippen LogP contribution >= 0.6 is 0 Å². The van der Waals surface area contributed by atoms with Gasteiger partial charge < -0.3 is 10.2 Å². The van der Waals surface area contributed by atoms with Crippen molar-refractivity contribution in [3.63, 3.8) is 0 Å². The summed E-state index contributed by atoms with van der Waals surface area (Å²) in [5.41, 5.74) is 1.98. The number of fused-ring (bicyclic) bond motifs is 1. The Morgan fingerprint density at radius 2 is 1.74 bits per heavy atom. The molecule has 1 saturated heterocycles. The topological polar surface area (TPSA) is 80.1 Å². The molecule has 4 rings (SSSR count). The molecule has 1 aliphatic rings. The van der Waals surface area contributed by atoms with Gasteiger partial charge in [0.1, 0.15) is 12.1 Å². The number of carbonyl (C=O) groups excluding carboxylic acids is 1. The van der Waals surface area contributed by atoms with Crippen molar-refractivity contribution < 1.29 is 4.79 Å². The third-order valence-electron chi connectivity index (χ3n) is 4.80. The van der Waals surface area contributed by atoms with Crippen LogP contribution in [0.5, 0.6) is 0 Å². The van der Waals surface area contributed by atoms with E-state index in [0.29, 0.717) is 10.9 Å². The number of nitrogens with zero attached hydrogens (tertiary/aromatic N) is 4. The van der Waals surface area contributed by atoms with E-state index >= 15 is 0 Å². The lowest BCUT2D eigenvalue weighted by Crippen LogP contribution is -2.32. The highest BCUT2D eigenvalue weighted by Crippen LogP contribution is 2.28. The minimum absolute atomic E-state index is 0.176. The van der Waals surface area contributed by atoms with Crippen LogP contribution in [0.25, 0.3) is 10.9 Å². The van der Waals surface area contributed by atoms with Crippen molar-refractivity contribution in [3.05, 3.63) is 58.9 Å². The molecule has 1 aliphatic heterocycles. The lowest BCUT2D eigenvalue weighted by atomic mass is 10.1. The number of nitrogens with one attached hydrogen (secondary N) is 1. The van der Waals surface area contributed by atoms with Crippen molar-refractivity contribution in [3.8, 4) is 0 Å². The lowest BCUT2D eigenvalue weighted by Gasteiger charge is -2.30. The molecule has 0 aliphatic carbocycles. The van der Waals surface area contributed by atoms with Crippen LogP contribution in [0.2, 0.25) is 0 Å². The van der Waals surface area contributed by atoms with E-state index in [1.54, 1.807) is 24.3 Å². The number of hydrogen-bond donors (Lipinski definition) is 1. The molecule has 0 spiro atoms. The maximum atomic E-state index is 12.5. The molecule has 7 heteroatoms. The molecule has 1 aromatic heterocycles. The average Bonchev–Trinajstić information content (AvgIpc) is 2.71. The molecule has 7 nitrogen and oxygen atoms in total. The maximum Gasteiger partial charge on any atom is 0.278 e. The van der Waals surface area contributed by atoms with Crippen LogP contribution in [0.3, 0.4) is 0 Å². The molecule has 0 unspecified atom stereocenters. The Balaban J connectivity index is 1.54. The van der Waals surface area contributed by atoms with Gasteiger partial charge in [0.25, 0.3) is 5.56 Å². The Bertz CT molecular complexity index is 1020. The number of rotatable bonds is 4. The minimum Gasteiger partial charge on any atom is -0.370 e. The van der Waals surface area contributed by atoms with Gasteiger partial charge in [-0.15, -0.1) is 5.10 Å². The molecule has 1 amide bonds. The number of anilines is 2. The van der Waals surface area contributed by atoms with E-state index in [0.717, 1.165) is 42.0 Å². The quantitative estimate of drug-likeness (QED) is 0.770. The van der Waals surface area contributed by atoms with Gasteiger partial charge in [-0.1, -0.05) is 29.5 Å². The van der Waals surface area contributed by atoms with Crippen LogP contribution in [-0.4, -0.2) is 34.0 Å². The van der Waals surface area contributed by atoms with E-state index in [2.05, 4.69) is 20.5 Å². The monoisotopic (exact) mass is 363 g/mol.